The van der Waals surface area contributed by atoms with Gasteiger partial charge in [0.05, 0.1) is 6.61 Å². The molecule has 0 amide bonds. The molecule has 30 heavy (non-hydrogen) atoms. The van der Waals surface area contributed by atoms with Crippen molar-refractivity contribution in [2.24, 2.45) is 0 Å². The highest BCUT2D eigenvalue weighted by Gasteiger charge is 2.20. The van der Waals surface area contributed by atoms with Gasteiger partial charge >= 0.3 is 0 Å². The summed E-state index contributed by atoms with van der Waals surface area (Å²) in [5, 5.41) is 6.17. The van der Waals surface area contributed by atoms with E-state index in [-0.39, 0.29) is 0 Å². The van der Waals surface area contributed by atoms with Crippen molar-refractivity contribution >= 4 is 23.8 Å². The SMILES string of the molecule is CCOc1ccc(CCC2C=c3cc(Cl)ccc3=c3ccc4c(c32)CCCC=4)cn1. The van der Waals surface area contributed by atoms with Crippen LogP contribution in [0.25, 0.3) is 12.2 Å². The van der Waals surface area contributed by atoms with E-state index in [4.69, 9.17) is 16.3 Å². The van der Waals surface area contributed by atoms with E-state index in [0.717, 1.165) is 17.9 Å². The van der Waals surface area contributed by atoms with E-state index in [0.29, 0.717) is 18.4 Å². The summed E-state index contributed by atoms with van der Waals surface area (Å²) in [6, 6.07) is 15.0. The third-order valence-corrected chi connectivity index (χ3v) is 6.51. The molecule has 5 rings (SSSR count). The molecular weight excluding hydrogens is 390 g/mol. The van der Waals surface area contributed by atoms with Crippen LogP contribution in [0.4, 0.5) is 0 Å². The van der Waals surface area contributed by atoms with Crippen molar-refractivity contribution in [3.8, 4) is 5.88 Å². The first-order chi connectivity index (χ1) is 14.7. The zero-order valence-electron chi connectivity index (χ0n) is 17.3. The second kappa shape index (κ2) is 8.28. The van der Waals surface area contributed by atoms with Gasteiger partial charge in [-0.1, -0.05) is 48.0 Å². The first-order valence-electron chi connectivity index (χ1n) is 10.9. The highest BCUT2D eigenvalue weighted by molar-refractivity contribution is 6.30. The summed E-state index contributed by atoms with van der Waals surface area (Å²) in [6.07, 6.45) is 12.4. The summed E-state index contributed by atoms with van der Waals surface area (Å²) in [5.41, 5.74) is 4.32. The molecule has 0 radical (unpaired) electrons. The van der Waals surface area contributed by atoms with Crippen LogP contribution in [0.1, 0.15) is 48.8 Å². The van der Waals surface area contributed by atoms with E-state index in [1.165, 1.54) is 51.3 Å². The largest absolute Gasteiger partial charge is 0.478 e. The van der Waals surface area contributed by atoms with Crippen molar-refractivity contribution in [3.63, 3.8) is 0 Å². The van der Waals surface area contributed by atoms with Crippen LogP contribution in [0.3, 0.4) is 0 Å². The normalized spacial score (nSPS) is 16.5. The van der Waals surface area contributed by atoms with Crippen LogP contribution in [0.15, 0.2) is 48.7 Å². The van der Waals surface area contributed by atoms with Crippen LogP contribution in [0, 0.1) is 10.4 Å². The minimum Gasteiger partial charge on any atom is -0.478 e. The monoisotopic (exact) mass is 415 g/mol. The van der Waals surface area contributed by atoms with Gasteiger partial charge < -0.3 is 4.74 Å². The lowest BCUT2D eigenvalue weighted by Crippen LogP contribution is -2.22. The lowest BCUT2D eigenvalue weighted by molar-refractivity contribution is 0.326. The number of halogens is 1. The van der Waals surface area contributed by atoms with Gasteiger partial charge in [0, 0.05) is 23.2 Å². The quantitative estimate of drug-likeness (QED) is 0.581. The topological polar surface area (TPSA) is 22.1 Å². The predicted octanol–water partition coefficient (Wildman–Crippen LogP) is 5.05. The van der Waals surface area contributed by atoms with Crippen LogP contribution in [0.2, 0.25) is 5.02 Å². The minimum absolute atomic E-state index is 0.388. The van der Waals surface area contributed by atoms with Gasteiger partial charge in [0.25, 0.3) is 0 Å². The molecule has 1 atom stereocenters. The van der Waals surface area contributed by atoms with Gasteiger partial charge in [0.15, 0.2) is 0 Å². The van der Waals surface area contributed by atoms with Crippen molar-refractivity contribution in [2.75, 3.05) is 6.61 Å². The number of hydrogen-bond donors (Lipinski definition) is 0. The number of nitrogens with zero attached hydrogens (tertiary/aromatic N) is 1. The molecule has 1 aromatic heterocycles. The molecule has 0 fully saturated rings. The van der Waals surface area contributed by atoms with Gasteiger partial charge in [-0.05, 0) is 88.7 Å². The van der Waals surface area contributed by atoms with E-state index < -0.39 is 0 Å². The molecule has 2 nitrogen and oxygen atoms in total. The number of fused-ring (bicyclic) bond motifs is 4. The molecular formula is C27H26ClNO. The molecule has 0 N–H and O–H groups in total. The minimum atomic E-state index is 0.388. The van der Waals surface area contributed by atoms with Crippen LogP contribution in [-0.2, 0) is 12.8 Å². The summed E-state index contributed by atoms with van der Waals surface area (Å²) in [6.45, 7) is 2.62. The van der Waals surface area contributed by atoms with Crippen LogP contribution < -0.4 is 15.2 Å². The Balaban J connectivity index is 1.57. The molecule has 2 aromatic carbocycles. The van der Waals surface area contributed by atoms with Crippen LogP contribution >= 0.6 is 11.6 Å². The molecule has 0 saturated carbocycles. The fourth-order valence-corrected chi connectivity index (χ4v) is 5.09. The Hall–Kier alpha value is -2.58. The second-order valence-corrected chi connectivity index (χ2v) is 8.61. The van der Waals surface area contributed by atoms with Gasteiger partial charge in [-0.15, -0.1) is 0 Å². The standard InChI is InChI=1S/C27H26ClNO/c1-2-30-26-14-8-18(17-29-26)7-9-20-15-21-16-22(28)11-13-23(21)25-12-10-19-5-3-4-6-24(19)27(20)25/h5,8,10-17,20H,2-4,6-7,9H2,1H3. The van der Waals surface area contributed by atoms with E-state index in [9.17, 15) is 0 Å². The summed E-state index contributed by atoms with van der Waals surface area (Å²) in [5.74, 6) is 1.09. The Bertz CT molecular complexity index is 1290. The highest BCUT2D eigenvalue weighted by Crippen LogP contribution is 2.30. The van der Waals surface area contributed by atoms with Gasteiger partial charge in [-0.2, -0.15) is 0 Å². The van der Waals surface area contributed by atoms with Gasteiger partial charge in [0.2, 0.25) is 5.88 Å². The smallest absolute Gasteiger partial charge is 0.213 e. The molecule has 3 aromatic rings. The molecule has 0 bridgehead atoms. The third kappa shape index (κ3) is 3.65. The average Bonchev–Trinajstić information content (AvgIpc) is 2.78. The van der Waals surface area contributed by atoms with Crippen molar-refractivity contribution in [3.05, 3.63) is 91.2 Å². The Kier molecular flexibility index (Phi) is 5.35. The number of ether oxygens (including phenoxy) is 1. The summed E-state index contributed by atoms with van der Waals surface area (Å²) >= 11 is 6.34. The van der Waals surface area contributed by atoms with Crippen LogP contribution in [0.5, 0.6) is 5.88 Å². The number of aryl methyl sites for hydroxylation is 1. The van der Waals surface area contributed by atoms with E-state index in [1.54, 1.807) is 5.56 Å². The maximum atomic E-state index is 6.34. The zero-order chi connectivity index (χ0) is 20.5. The van der Waals surface area contributed by atoms with Gasteiger partial charge in [0.1, 0.15) is 0 Å². The number of pyridine rings is 1. The average molecular weight is 416 g/mol. The van der Waals surface area contributed by atoms with Gasteiger partial charge in [-0.3, -0.25) is 0 Å². The molecule has 0 aliphatic heterocycles. The first kappa shape index (κ1) is 19.4. The van der Waals surface area contributed by atoms with E-state index >= 15 is 0 Å². The fraction of sp³-hybridized carbons (Fsp3) is 0.296. The summed E-state index contributed by atoms with van der Waals surface area (Å²) < 4.78 is 5.48. The first-order valence-corrected chi connectivity index (χ1v) is 11.3. The van der Waals surface area contributed by atoms with Crippen molar-refractivity contribution < 1.29 is 4.74 Å². The Morgan fingerprint density at radius 1 is 1.07 bits per heavy atom. The van der Waals surface area contributed by atoms with E-state index in [2.05, 4.69) is 47.5 Å². The second-order valence-electron chi connectivity index (χ2n) is 8.17. The molecule has 0 spiro atoms. The fourth-order valence-electron chi connectivity index (χ4n) is 4.91. The Morgan fingerprint density at radius 2 is 1.97 bits per heavy atom. The molecule has 1 unspecified atom stereocenters. The highest BCUT2D eigenvalue weighted by atomic mass is 35.5. The van der Waals surface area contributed by atoms with Crippen molar-refractivity contribution in [1.82, 2.24) is 4.98 Å². The maximum absolute atomic E-state index is 6.34. The van der Waals surface area contributed by atoms with Crippen molar-refractivity contribution in [2.45, 2.75) is 44.9 Å². The predicted molar refractivity (Wildman–Crippen MR) is 123 cm³/mol. The maximum Gasteiger partial charge on any atom is 0.213 e. The lowest BCUT2D eigenvalue weighted by Gasteiger charge is -2.24. The van der Waals surface area contributed by atoms with Gasteiger partial charge in [-0.25, -0.2) is 4.98 Å². The zero-order valence-corrected chi connectivity index (χ0v) is 18.1. The molecule has 3 heteroatoms. The third-order valence-electron chi connectivity index (χ3n) is 6.28. The van der Waals surface area contributed by atoms with E-state index in [1.807, 2.05) is 25.3 Å². The summed E-state index contributed by atoms with van der Waals surface area (Å²) in [4.78, 5) is 4.44. The lowest BCUT2D eigenvalue weighted by atomic mass is 9.80. The molecule has 2 aliphatic rings. The Labute approximate surface area is 182 Å². The number of rotatable bonds is 5. The molecule has 152 valence electrons. The molecule has 0 saturated heterocycles. The number of benzene rings is 2. The molecule has 2 aliphatic carbocycles. The summed E-state index contributed by atoms with van der Waals surface area (Å²) in [7, 11) is 0. The van der Waals surface area contributed by atoms with Crippen LogP contribution in [-0.4, -0.2) is 11.6 Å². The molecule has 1 heterocycles. The number of aromatic nitrogens is 1. The van der Waals surface area contributed by atoms with Crippen molar-refractivity contribution in [1.29, 1.82) is 0 Å². The Morgan fingerprint density at radius 3 is 2.80 bits per heavy atom. The number of hydrogen-bond acceptors (Lipinski definition) is 2.